The van der Waals surface area contributed by atoms with Gasteiger partial charge in [-0.05, 0) is 30.4 Å². The van der Waals surface area contributed by atoms with E-state index in [0.717, 1.165) is 25.9 Å². The molecule has 3 rings (SSSR count). The van der Waals surface area contributed by atoms with Gasteiger partial charge in [-0.15, -0.1) is 0 Å². The molecule has 0 bridgehead atoms. The largest absolute Gasteiger partial charge is 0.353 e. The zero-order valence-electron chi connectivity index (χ0n) is 27.7. The molecule has 0 saturated carbocycles. The van der Waals surface area contributed by atoms with Gasteiger partial charge in [0.15, 0.2) is 0 Å². The highest BCUT2D eigenvalue weighted by atomic mass is 15.4. The third-order valence-electron chi connectivity index (χ3n) is 9.65. The van der Waals surface area contributed by atoms with Crippen LogP contribution in [0, 0.1) is 0 Å². The first kappa shape index (κ1) is 34.3. The first-order valence-electron chi connectivity index (χ1n) is 18.1. The molecule has 1 heterocycles. The summed E-state index contributed by atoms with van der Waals surface area (Å²) in [6, 6.07) is 22.7. The van der Waals surface area contributed by atoms with Crippen molar-refractivity contribution >= 4 is 0 Å². The number of nitrogens with zero attached hydrogens (tertiary/aromatic N) is 2. The lowest BCUT2D eigenvalue weighted by Crippen LogP contribution is -2.59. The van der Waals surface area contributed by atoms with Gasteiger partial charge in [-0.3, -0.25) is 0 Å². The lowest BCUT2D eigenvalue weighted by Gasteiger charge is -2.51. The van der Waals surface area contributed by atoms with E-state index in [1.807, 2.05) is 0 Å². The van der Waals surface area contributed by atoms with E-state index in [-0.39, 0.29) is 5.66 Å². The summed E-state index contributed by atoms with van der Waals surface area (Å²) in [6.07, 6.45) is 30.6. The Kier molecular flexibility index (Phi) is 16.8. The van der Waals surface area contributed by atoms with E-state index >= 15 is 0 Å². The molecular formula is C40H64N2. The molecule has 2 atom stereocenters. The number of hydrogen-bond donors (Lipinski definition) is 0. The Morgan fingerprint density at radius 3 is 1.36 bits per heavy atom. The summed E-state index contributed by atoms with van der Waals surface area (Å²) in [7, 11) is 0. The molecule has 0 amide bonds. The van der Waals surface area contributed by atoms with Gasteiger partial charge < -0.3 is 9.80 Å². The van der Waals surface area contributed by atoms with Crippen LogP contribution in [0.3, 0.4) is 0 Å². The van der Waals surface area contributed by atoms with Gasteiger partial charge in [0.25, 0.3) is 0 Å². The van der Waals surface area contributed by atoms with Gasteiger partial charge in [0, 0.05) is 37.8 Å². The summed E-state index contributed by atoms with van der Waals surface area (Å²) in [5.74, 6) is 0.446. The van der Waals surface area contributed by atoms with Crippen molar-refractivity contribution in [2.75, 3.05) is 13.1 Å². The highest BCUT2D eigenvalue weighted by Gasteiger charge is 2.49. The van der Waals surface area contributed by atoms with Crippen molar-refractivity contribution in [1.82, 2.24) is 9.80 Å². The van der Waals surface area contributed by atoms with Crippen LogP contribution in [0.5, 0.6) is 0 Å². The fourth-order valence-corrected chi connectivity index (χ4v) is 7.27. The summed E-state index contributed by atoms with van der Waals surface area (Å²) in [5.41, 5.74) is 2.87. The number of rotatable bonds is 24. The van der Waals surface area contributed by atoms with Gasteiger partial charge in [-0.2, -0.15) is 0 Å². The fourth-order valence-electron chi connectivity index (χ4n) is 7.27. The fraction of sp³-hybridized carbons (Fsp3) is 0.650. The average Bonchev–Trinajstić information content (AvgIpc) is 3.35. The van der Waals surface area contributed by atoms with Gasteiger partial charge in [0.2, 0.25) is 0 Å². The standard InChI is InChI=1S/C40H64N2/c1-4-7-9-11-12-13-14-15-16-17-18-19-27-33-42-35-34-41(32-26-10-8-5-2)40(42,36-37-28-22-20-23-29-37)39(6-3)38-30-24-21-25-31-38/h20-25,28-31,34-35,39H,4-19,26-27,32-33,36H2,1-3H3. The van der Waals surface area contributed by atoms with Crippen LogP contribution in [0.15, 0.2) is 73.1 Å². The molecule has 2 unspecified atom stereocenters. The third kappa shape index (κ3) is 10.8. The Bertz CT molecular complexity index is 939. The second-order valence-corrected chi connectivity index (χ2v) is 12.9. The molecule has 1 aliphatic rings. The number of benzene rings is 2. The Labute approximate surface area is 261 Å². The molecule has 0 N–H and O–H groups in total. The van der Waals surface area contributed by atoms with E-state index in [1.54, 1.807) is 0 Å². The van der Waals surface area contributed by atoms with Crippen molar-refractivity contribution in [1.29, 1.82) is 0 Å². The zero-order valence-corrected chi connectivity index (χ0v) is 27.7. The highest BCUT2D eigenvalue weighted by Crippen LogP contribution is 2.45. The Morgan fingerprint density at radius 1 is 0.500 bits per heavy atom. The minimum Gasteiger partial charge on any atom is -0.353 e. The third-order valence-corrected chi connectivity index (χ3v) is 9.65. The van der Waals surface area contributed by atoms with Crippen LogP contribution in [0.25, 0.3) is 0 Å². The van der Waals surface area contributed by atoms with E-state index in [0.29, 0.717) is 5.92 Å². The van der Waals surface area contributed by atoms with Crippen molar-refractivity contribution in [2.24, 2.45) is 0 Å². The van der Waals surface area contributed by atoms with Crippen LogP contribution in [0.4, 0.5) is 0 Å². The first-order chi connectivity index (χ1) is 20.8. The second kappa shape index (κ2) is 20.6. The first-order valence-corrected chi connectivity index (χ1v) is 18.1. The number of hydrogen-bond acceptors (Lipinski definition) is 2. The van der Waals surface area contributed by atoms with Crippen molar-refractivity contribution in [3.05, 3.63) is 84.2 Å². The summed E-state index contributed by atoms with van der Waals surface area (Å²) < 4.78 is 0. The van der Waals surface area contributed by atoms with Gasteiger partial charge in [0.05, 0.1) is 0 Å². The molecule has 0 radical (unpaired) electrons. The molecule has 42 heavy (non-hydrogen) atoms. The minimum absolute atomic E-state index is 0.0548. The zero-order chi connectivity index (χ0) is 29.7. The van der Waals surface area contributed by atoms with Crippen LogP contribution < -0.4 is 0 Å². The predicted molar refractivity (Wildman–Crippen MR) is 185 cm³/mol. The molecule has 1 aliphatic heterocycles. The number of unbranched alkanes of at least 4 members (excludes halogenated alkanes) is 15. The molecule has 0 spiro atoms. The lowest BCUT2D eigenvalue weighted by atomic mass is 9.78. The van der Waals surface area contributed by atoms with Crippen molar-refractivity contribution in [2.45, 2.75) is 154 Å². The van der Waals surface area contributed by atoms with E-state index in [4.69, 9.17) is 0 Å². The second-order valence-electron chi connectivity index (χ2n) is 12.9. The summed E-state index contributed by atoms with van der Waals surface area (Å²) in [4.78, 5) is 5.51. The average molecular weight is 573 g/mol. The van der Waals surface area contributed by atoms with E-state index in [2.05, 4.69) is 104 Å². The molecule has 0 aliphatic carbocycles. The Balaban J connectivity index is 1.63. The predicted octanol–water partition coefficient (Wildman–Crippen LogP) is 11.9. The maximum atomic E-state index is 2.76. The smallest absolute Gasteiger partial charge is 0.123 e. The van der Waals surface area contributed by atoms with E-state index < -0.39 is 0 Å². The minimum atomic E-state index is -0.0548. The van der Waals surface area contributed by atoms with Crippen molar-refractivity contribution < 1.29 is 0 Å². The van der Waals surface area contributed by atoms with Crippen molar-refractivity contribution in [3.8, 4) is 0 Å². The maximum Gasteiger partial charge on any atom is 0.123 e. The van der Waals surface area contributed by atoms with Crippen LogP contribution in [-0.2, 0) is 6.42 Å². The molecule has 2 heteroatoms. The van der Waals surface area contributed by atoms with Gasteiger partial charge in [0.1, 0.15) is 5.66 Å². The van der Waals surface area contributed by atoms with Crippen LogP contribution >= 0.6 is 0 Å². The highest BCUT2D eigenvalue weighted by molar-refractivity contribution is 5.30. The molecule has 0 aromatic heterocycles. The summed E-state index contributed by atoms with van der Waals surface area (Å²) in [5, 5.41) is 0. The quantitative estimate of drug-likeness (QED) is 0.115. The van der Waals surface area contributed by atoms with Crippen molar-refractivity contribution in [3.63, 3.8) is 0 Å². The molecular weight excluding hydrogens is 508 g/mol. The van der Waals surface area contributed by atoms with Gasteiger partial charge in [-0.25, -0.2) is 0 Å². The monoisotopic (exact) mass is 573 g/mol. The SMILES string of the molecule is CCCCCCCCCCCCCCCN1C=CN(CCCCCC)C1(Cc1ccccc1)C(CC)c1ccccc1. The molecule has 2 aromatic rings. The molecule has 234 valence electrons. The van der Waals surface area contributed by atoms with Crippen LogP contribution in [-0.4, -0.2) is 28.6 Å². The maximum absolute atomic E-state index is 2.76. The Morgan fingerprint density at radius 2 is 0.905 bits per heavy atom. The van der Waals surface area contributed by atoms with Crippen LogP contribution in [0.1, 0.15) is 153 Å². The lowest BCUT2D eigenvalue weighted by molar-refractivity contribution is -0.00377. The van der Waals surface area contributed by atoms with Gasteiger partial charge >= 0.3 is 0 Å². The van der Waals surface area contributed by atoms with Crippen LogP contribution in [0.2, 0.25) is 0 Å². The molecule has 2 aromatic carbocycles. The van der Waals surface area contributed by atoms with E-state index in [9.17, 15) is 0 Å². The van der Waals surface area contributed by atoms with Gasteiger partial charge in [-0.1, -0.05) is 178 Å². The molecule has 0 fully saturated rings. The summed E-state index contributed by atoms with van der Waals surface area (Å²) >= 11 is 0. The molecule has 0 saturated heterocycles. The summed E-state index contributed by atoms with van der Waals surface area (Å²) in [6.45, 7) is 9.31. The Hall–Kier alpha value is -2.22. The van der Waals surface area contributed by atoms with E-state index in [1.165, 1.54) is 120 Å². The molecule has 2 nitrogen and oxygen atoms in total. The topological polar surface area (TPSA) is 6.48 Å². The normalized spacial score (nSPS) is 17.3.